The van der Waals surface area contributed by atoms with Crippen molar-refractivity contribution in [2.45, 2.75) is 19.1 Å². The zero-order valence-electron chi connectivity index (χ0n) is 14.6. The molecule has 2 aromatic rings. The average Bonchev–Trinajstić information content (AvgIpc) is 2.67. The third-order valence-corrected chi connectivity index (χ3v) is 3.95. The second kappa shape index (κ2) is 8.52. The molecule has 0 fully saturated rings. The molecule has 0 saturated heterocycles. The number of hydrazine groups is 1. The summed E-state index contributed by atoms with van der Waals surface area (Å²) in [6.07, 6.45) is 0. The van der Waals surface area contributed by atoms with Crippen LogP contribution in [0.1, 0.15) is 11.1 Å². The minimum Gasteiger partial charge on any atom is -0.504 e. The normalized spacial score (nSPS) is 12.1. The van der Waals surface area contributed by atoms with Crippen molar-refractivity contribution in [2.24, 2.45) is 5.73 Å². The van der Waals surface area contributed by atoms with E-state index in [1.54, 1.807) is 0 Å². The number of nitrogens with two attached hydrogens (primary N) is 1. The molecule has 0 saturated carbocycles. The molecule has 1 amide bonds. The van der Waals surface area contributed by atoms with Gasteiger partial charge in [-0.1, -0.05) is 12.1 Å². The van der Waals surface area contributed by atoms with Crippen LogP contribution in [0, 0.1) is 0 Å². The maximum Gasteiger partial charge on any atom is 0.253 e. The maximum atomic E-state index is 12.0. The van der Waals surface area contributed by atoms with Crippen LogP contribution in [0.25, 0.3) is 0 Å². The van der Waals surface area contributed by atoms with E-state index in [2.05, 4.69) is 5.43 Å². The van der Waals surface area contributed by atoms with Crippen LogP contribution in [0.15, 0.2) is 24.3 Å². The Morgan fingerprint density at radius 2 is 1.29 bits per heavy atom. The molecule has 2 rings (SSSR count). The lowest BCUT2D eigenvalue weighted by Gasteiger charge is -2.25. The number of hydrogen-bond donors (Lipinski definition) is 9. The molecule has 0 heterocycles. The number of aliphatic hydroxyl groups is 1. The van der Waals surface area contributed by atoms with Gasteiger partial charge in [0, 0.05) is 24.2 Å². The fraction of sp³-hybridized carbons (Fsp3) is 0.235. The number of benzene rings is 2. The van der Waals surface area contributed by atoms with E-state index in [1.165, 1.54) is 17.1 Å². The molecule has 0 aromatic heterocycles. The number of phenolic OH excluding ortho intramolecular Hbond substituents is 6. The van der Waals surface area contributed by atoms with Crippen molar-refractivity contribution >= 4 is 5.91 Å². The Labute approximate surface area is 159 Å². The summed E-state index contributed by atoms with van der Waals surface area (Å²) in [6.45, 7) is -1.06. The molecule has 0 bridgehead atoms. The number of rotatable bonds is 7. The highest BCUT2D eigenvalue weighted by atomic mass is 16.3. The van der Waals surface area contributed by atoms with Crippen LogP contribution >= 0.6 is 0 Å². The summed E-state index contributed by atoms with van der Waals surface area (Å²) in [5.41, 5.74) is 8.07. The quantitative estimate of drug-likeness (QED) is 0.213. The second-order valence-electron chi connectivity index (χ2n) is 6.00. The number of nitrogens with one attached hydrogen (secondary N) is 1. The number of carbonyl (C=O) groups is 1. The van der Waals surface area contributed by atoms with Crippen molar-refractivity contribution in [3.63, 3.8) is 0 Å². The van der Waals surface area contributed by atoms with Gasteiger partial charge in [-0.15, -0.1) is 0 Å². The molecule has 11 nitrogen and oxygen atoms in total. The third kappa shape index (κ3) is 4.46. The molecule has 28 heavy (non-hydrogen) atoms. The van der Waals surface area contributed by atoms with Gasteiger partial charge in [0.2, 0.25) is 11.5 Å². The first-order valence-electron chi connectivity index (χ1n) is 8.03. The number of nitrogens with zero attached hydrogens (tertiary/aromatic N) is 1. The molecule has 11 heteroatoms. The van der Waals surface area contributed by atoms with Gasteiger partial charge in [0.05, 0.1) is 6.61 Å². The highest BCUT2D eigenvalue weighted by Gasteiger charge is 2.21. The summed E-state index contributed by atoms with van der Waals surface area (Å²) in [7, 11) is 0. The van der Waals surface area contributed by atoms with Gasteiger partial charge in [0.25, 0.3) is 5.91 Å². The Morgan fingerprint density at radius 1 is 0.857 bits per heavy atom. The fourth-order valence-corrected chi connectivity index (χ4v) is 2.34. The minimum atomic E-state index is -1.24. The van der Waals surface area contributed by atoms with Gasteiger partial charge >= 0.3 is 0 Å². The van der Waals surface area contributed by atoms with Crippen molar-refractivity contribution < 1.29 is 40.5 Å². The molecule has 10 N–H and O–H groups in total. The summed E-state index contributed by atoms with van der Waals surface area (Å²) in [5, 5.41) is 68.3. The van der Waals surface area contributed by atoms with Crippen LogP contribution in [0.3, 0.4) is 0 Å². The zero-order valence-corrected chi connectivity index (χ0v) is 14.6. The Kier molecular flexibility index (Phi) is 6.36. The Morgan fingerprint density at radius 3 is 1.68 bits per heavy atom. The van der Waals surface area contributed by atoms with Crippen molar-refractivity contribution in [2.75, 3.05) is 6.61 Å². The number of phenols is 6. The molecule has 0 aliphatic rings. The molecule has 2 aromatic carbocycles. The van der Waals surface area contributed by atoms with E-state index < -0.39 is 53.1 Å². The van der Waals surface area contributed by atoms with Crippen molar-refractivity contribution in [3.8, 4) is 34.5 Å². The molecule has 0 radical (unpaired) electrons. The standard InChI is InChI=1S/C17H21N3O8/c18-10(7-21)17(28)19-20(5-8-1-3-11(22)15(26)13(8)24)6-9-2-4-12(23)16(27)14(9)25/h1-4,10,21-27H,5-7,18H2,(H,19,28)/t10-/m1/s1. The van der Waals surface area contributed by atoms with E-state index in [1.807, 2.05) is 0 Å². The summed E-state index contributed by atoms with van der Waals surface area (Å²) in [6, 6.07) is 3.61. The van der Waals surface area contributed by atoms with E-state index >= 15 is 0 Å². The molecule has 0 unspecified atom stereocenters. The lowest BCUT2D eigenvalue weighted by molar-refractivity contribution is -0.128. The van der Waals surface area contributed by atoms with E-state index in [4.69, 9.17) is 10.8 Å². The second-order valence-corrected chi connectivity index (χ2v) is 6.00. The zero-order chi connectivity index (χ0) is 21.0. The van der Waals surface area contributed by atoms with E-state index in [0.29, 0.717) is 0 Å². The largest absolute Gasteiger partial charge is 0.504 e. The molecule has 152 valence electrons. The third-order valence-electron chi connectivity index (χ3n) is 3.95. The number of amides is 1. The summed E-state index contributed by atoms with van der Waals surface area (Å²) < 4.78 is 0. The van der Waals surface area contributed by atoms with Gasteiger partial charge in [0.15, 0.2) is 23.0 Å². The predicted molar refractivity (Wildman–Crippen MR) is 95.3 cm³/mol. The van der Waals surface area contributed by atoms with Crippen molar-refractivity contribution in [1.29, 1.82) is 0 Å². The van der Waals surface area contributed by atoms with Crippen molar-refractivity contribution in [1.82, 2.24) is 10.4 Å². The van der Waals surface area contributed by atoms with Gasteiger partial charge in [-0.3, -0.25) is 10.2 Å². The average molecular weight is 395 g/mol. The van der Waals surface area contributed by atoms with E-state index in [0.717, 1.165) is 12.1 Å². The van der Waals surface area contributed by atoms with E-state index in [-0.39, 0.29) is 24.2 Å². The van der Waals surface area contributed by atoms with Crippen LogP contribution < -0.4 is 11.2 Å². The summed E-state index contributed by atoms with van der Waals surface area (Å²) in [4.78, 5) is 12.0. The Hall–Kier alpha value is -3.41. The highest BCUT2D eigenvalue weighted by Crippen LogP contribution is 2.39. The summed E-state index contributed by atoms with van der Waals surface area (Å²) >= 11 is 0. The summed E-state index contributed by atoms with van der Waals surface area (Å²) in [5.74, 6) is -4.60. The van der Waals surface area contributed by atoms with Crippen LogP contribution in [0.4, 0.5) is 0 Å². The fourth-order valence-electron chi connectivity index (χ4n) is 2.34. The predicted octanol–water partition coefficient (Wildman–Crippen LogP) is -0.727. The Balaban J connectivity index is 2.33. The van der Waals surface area contributed by atoms with Gasteiger partial charge in [-0.25, -0.2) is 5.01 Å². The van der Waals surface area contributed by atoms with Crippen LogP contribution in [-0.2, 0) is 17.9 Å². The topological polar surface area (TPSA) is 200 Å². The molecular formula is C17H21N3O8. The number of hydrogen-bond acceptors (Lipinski definition) is 10. The van der Waals surface area contributed by atoms with Crippen LogP contribution in [-0.4, -0.2) is 59.3 Å². The Bertz CT molecular complexity index is 814. The maximum absolute atomic E-state index is 12.0. The number of carbonyl (C=O) groups excluding carboxylic acids is 1. The van der Waals surface area contributed by atoms with Gasteiger partial charge in [-0.2, -0.15) is 0 Å². The lowest BCUT2D eigenvalue weighted by Crippen LogP contribution is -2.50. The highest BCUT2D eigenvalue weighted by molar-refractivity contribution is 5.81. The number of aromatic hydroxyl groups is 6. The molecular weight excluding hydrogens is 374 g/mol. The smallest absolute Gasteiger partial charge is 0.253 e. The van der Waals surface area contributed by atoms with Gasteiger partial charge in [0.1, 0.15) is 6.04 Å². The van der Waals surface area contributed by atoms with E-state index in [9.17, 15) is 35.4 Å². The molecule has 0 aliphatic heterocycles. The van der Waals surface area contributed by atoms with Gasteiger partial charge < -0.3 is 41.5 Å². The van der Waals surface area contributed by atoms with Crippen LogP contribution in [0.2, 0.25) is 0 Å². The first kappa shape index (κ1) is 20.9. The molecule has 1 atom stereocenters. The molecule has 0 aliphatic carbocycles. The van der Waals surface area contributed by atoms with Crippen LogP contribution in [0.5, 0.6) is 34.5 Å². The first-order valence-corrected chi connectivity index (χ1v) is 8.03. The number of aliphatic hydroxyl groups excluding tert-OH is 1. The van der Waals surface area contributed by atoms with Crippen molar-refractivity contribution in [3.05, 3.63) is 35.4 Å². The minimum absolute atomic E-state index is 0.107. The van der Waals surface area contributed by atoms with Gasteiger partial charge in [-0.05, 0) is 12.1 Å². The SMILES string of the molecule is N[C@H](CO)C(=O)NN(Cc1ccc(O)c(O)c1O)Cc1ccc(O)c(O)c1O. The molecule has 0 spiro atoms. The first-order chi connectivity index (χ1) is 13.1. The monoisotopic (exact) mass is 395 g/mol. The lowest BCUT2D eigenvalue weighted by atomic mass is 10.1.